The number of nitrogens with one attached hydrogen (secondary N) is 1. The molecule has 0 fully saturated rings. The fourth-order valence-electron chi connectivity index (χ4n) is 1.61. The number of hydrogen-bond donors (Lipinski definition) is 2. The van der Waals surface area contributed by atoms with Crippen molar-refractivity contribution in [2.45, 2.75) is 10.9 Å². The lowest BCUT2D eigenvalue weighted by Crippen LogP contribution is -2.30. The predicted molar refractivity (Wildman–Crippen MR) is 79.1 cm³/mol. The average Bonchev–Trinajstić information content (AvgIpc) is 2.43. The van der Waals surface area contributed by atoms with E-state index in [4.69, 9.17) is 5.84 Å². The van der Waals surface area contributed by atoms with Crippen molar-refractivity contribution in [3.05, 3.63) is 58.6 Å². The molecule has 0 aliphatic heterocycles. The lowest BCUT2D eigenvalue weighted by atomic mass is 10.1. The molecule has 6 heteroatoms. The molecule has 0 saturated heterocycles. The van der Waals surface area contributed by atoms with Gasteiger partial charge < -0.3 is 0 Å². The van der Waals surface area contributed by atoms with Crippen molar-refractivity contribution >= 4 is 27.7 Å². The predicted octanol–water partition coefficient (Wildman–Crippen LogP) is 3.28. The van der Waals surface area contributed by atoms with E-state index < -0.39 is 0 Å². The molecule has 0 saturated carbocycles. The first kappa shape index (κ1) is 14.5. The van der Waals surface area contributed by atoms with Crippen LogP contribution in [0, 0.1) is 5.82 Å². The van der Waals surface area contributed by atoms with Gasteiger partial charge in [-0.2, -0.15) is 0 Å². The number of halogens is 2. The van der Waals surface area contributed by atoms with Crippen LogP contribution in [0.25, 0.3) is 0 Å². The van der Waals surface area contributed by atoms with Gasteiger partial charge in [-0.3, -0.25) is 16.3 Å². The Morgan fingerprint density at radius 3 is 2.68 bits per heavy atom. The highest BCUT2D eigenvalue weighted by molar-refractivity contribution is 9.10. The summed E-state index contributed by atoms with van der Waals surface area (Å²) >= 11 is 5.00. The van der Waals surface area contributed by atoms with Crippen molar-refractivity contribution in [1.29, 1.82) is 0 Å². The van der Waals surface area contributed by atoms with Gasteiger partial charge in [0, 0.05) is 26.9 Å². The molecule has 2 rings (SSSR count). The Morgan fingerprint density at radius 1 is 1.32 bits per heavy atom. The molecule has 3 nitrogen and oxygen atoms in total. The van der Waals surface area contributed by atoms with Crippen LogP contribution in [-0.4, -0.2) is 10.7 Å². The minimum Gasteiger partial charge on any atom is -0.271 e. The Labute approximate surface area is 123 Å². The second-order valence-electron chi connectivity index (χ2n) is 3.88. The monoisotopic (exact) mass is 341 g/mol. The van der Waals surface area contributed by atoms with Crippen LogP contribution >= 0.6 is 27.7 Å². The van der Waals surface area contributed by atoms with E-state index in [0.29, 0.717) is 11.3 Å². The number of hydrogen-bond acceptors (Lipinski definition) is 4. The number of aromatic nitrogens is 1. The number of nitrogens with zero attached hydrogens (tertiary/aromatic N) is 1. The topological polar surface area (TPSA) is 50.9 Å². The van der Waals surface area contributed by atoms with Crippen molar-refractivity contribution < 1.29 is 4.39 Å². The molecular formula is C13H13BrFN3S. The Balaban J connectivity index is 2.04. The SMILES string of the molecule is NNC(CSc1ccc(Br)cc1)c1ccncc1F. The van der Waals surface area contributed by atoms with Crippen LogP contribution in [0.2, 0.25) is 0 Å². The molecular weight excluding hydrogens is 329 g/mol. The fourth-order valence-corrected chi connectivity index (χ4v) is 2.83. The van der Waals surface area contributed by atoms with Crippen LogP contribution in [0.4, 0.5) is 4.39 Å². The maximum atomic E-state index is 13.6. The van der Waals surface area contributed by atoms with Gasteiger partial charge in [-0.15, -0.1) is 11.8 Å². The van der Waals surface area contributed by atoms with E-state index in [1.54, 1.807) is 24.0 Å². The standard InChI is InChI=1S/C13H13BrFN3S/c14-9-1-3-10(4-2-9)19-8-13(18-16)11-5-6-17-7-12(11)15/h1-7,13,18H,8,16H2. The van der Waals surface area contributed by atoms with E-state index in [-0.39, 0.29) is 11.9 Å². The Kier molecular flexibility index (Phi) is 5.33. The molecule has 1 aromatic heterocycles. The number of hydrazine groups is 1. The van der Waals surface area contributed by atoms with Crippen molar-refractivity contribution in [2.75, 3.05) is 5.75 Å². The molecule has 0 radical (unpaired) electrons. The van der Waals surface area contributed by atoms with Crippen molar-refractivity contribution in [2.24, 2.45) is 5.84 Å². The summed E-state index contributed by atoms with van der Waals surface area (Å²) in [5, 5.41) is 0. The van der Waals surface area contributed by atoms with Crippen LogP contribution < -0.4 is 11.3 Å². The molecule has 1 unspecified atom stereocenters. The first-order valence-electron chi connectivity index (χ1n) is 5.64. The normalized spacial score (nSPS) is 12.4. The summed E-state index contributed by atoms with van der Waals surface area (Å²) < 4.78 is 14.7. The van der Waals surface area contributed by atoms with E-state index >= 15 is 0 Å². The van der Waals surface area contributed by atoms with Gasteiger partial charge in [0.25, 0.3) is 0 Å². The molecule has 0 spiro atoms. The molecule has 100 valence electrons. The van der Waals surface area contributed by atoms with Crippen LogP contribution in [0.15, 0.2) is 52.1 Å². The first-order valence-corrected chi connectivity index (χ1v) is 7.42. The summed E-state index contributed by atoms with van der Waals surface area (Å²) in [6.07, 6.45) is 2.76. The van der Waals surface area contributed by atoms with Crippen LogP contribution in [0.1, 0.15) is 11.6 Å². The second kappa shape index (κ2) is 7.00. The van der Waals surface area contributed by atoms with Gasteiger partial charge in [0.05, 0.1) is 12.2 Å². The molecule has 2 aromatic rings. The zero-order valence-electron chi connectivity index (χ0n) is 10.0. The van der Waals surface area contributed by atoms with Crippen molar-refractivity contribution in [1.82, 2.24) is 10.4 Å². The van der Waals surface area contributed by atoms with E-state index in [1.807, 2.05) is 24.3 Å². The van der Waals surface area contributed by atoms with E-state index in [2.05, 4.69) is 26.3 Å². The zero-order valence-corrected chi connectivity index (χ0v) is 12.4. The quantitative estimate of drug-likeness (QED) is 0.497. The molecule has 1 atom stereocenters. The molecule has 1 heterocycles. The van der Waals surface area contributed by atoms with Crippen molar-refractivity contribution in [3.8, 4) is 0 Å². The van der Waals surface area contributed by atoms with Crippen LogP contribution in [0.3, 0.4) is 0 Å². The smallest absolute Gasteiger partial charge is 0.146 e. The number of thioether (sulfide) groups is 1. The minimum atomic E-state index is -0.346. The summed E-state index contributed by atoms with van der Waals surface area (Å²) in [7, 11) is 0. The van der Waals surface area contributed by atoms with E-state index in [0.717, 1.165) is 9.37 Å². The molecule has 1 aromatic carbocycles. The Hall–Kier alpha value is -0.950. The van der Waals surface area contributed by atoms with Crippen LogP contribution in [-0.2, 0) is 0 Å². The third-order valence-corrected chi connectivity index (χ3v) is 4.24. The van der Waals surface area contributed by atoms with Gasteiger partial charge in [0.15, 0.2) is 0 Å². The third kappa shape index (κ3) is 4.01. The molecule has 0 aliphatic rings. The summed E-state index contributed by atoms with van der Waals surface area (Å²) in [6.45, 7) is 0. The van der Waals surface area contributed by atoms with E-state index in [9.17, 15) is 4.39 Å². The highest BCUT2D eigenvalue weighted by Crippen LogP contribution is 2.26. The maximum absolute atomic E-state index is 13.6. The number of pyridine rings is 1. The van der Waals surface area contributed by atoms with E-state index in [1.165, 1.54) is 6.20 Å². The van der Waals surface area contributed by atoms with Gasteiger partial charge in [0.1, 0.15) is 5.82 Å². The third-order valence-electron chi connectivity index (χ3n) is 2.61. The van der Waals surface area contributed by atoms with Crippen LogP contribution in [0.5, 0.6) is 0 Å². The summed E-state index contributed by atoms with van der Waals surface area (Å²) in [6, 6.07) is 9.34. The highest BCUT2D eigenvalue weighted by atomic mass is 79.9. The minimum absolute atomic E-state index is 0.253. The van der Waals surface area contributed by atoms with Gasteiger partial charge in [0.2, 0.25) is 0 Å². The van der Waals surface area contributed by atoms with Crippen molar-refractivity contribution in [3.63, 3.8) is 0 Å². The summed E-state index contributed by atoms with van der Waals surface area (Å²) in [5.74, 6) is 5.80. The largest absolute Gasteiger partial charge is 0.271 e. The van der Waals surface area contributed by atoms with Gasteiger partial charge in [-0.05, 0) is 30.3 Å². The lowest BCUT2D eigenvalue weighted by molar-refractivity contribution is 0.542. The number of rotatable bonds is 5. The van der Waals surface area contributed by atoms with Gasteiger partial charge in [-0.1, -0.05) is 15.9 Å². The number of benzene rings is 1. The summed E-state index contributed by atoms with van der Waals surface area (Å²) in [4.78, 5) is 4.84. The fraction of sp³-hybridized carbons (Fsp3) is 0.154. The average molecular weight is 342 g/mol. The molecule has 19 heavy (non-hydrogen) atoms. The zero-order chi connectivity index (χ0) is 13.7. The molecule has 0 aliphatic carbocycles. The van der Waals surface area contributed by atoms with Gasteiger partial charge in [-0.25, -0.2) is 4.39 Å². The summed E-state index contributed by atoms with van der Waals surface area (Å²) in [5.41, 5.74) is 3.17. The maximum Gasteiger partial charge on any atom is 0.146 e. The second-order valence-corrected chi connectivity index (χ2v) is 5.89. The molecule has 0 bridgehead atoms. The Bertz CT molecular complexity index is 536. The Morgan fingerprint density at radius 2 is 2.05 bits per heavy atom. The molecule has 0 amide bonds. The first-order chi connectivity index (χ1) is 9.20. The molecule has 3 N–H and O–H groups in total. The number of nitrogens with two attached hydrogens (primary N) is 1. The highest BCUT2D eigenvalue weighted by Gasteiger charge is 2.14. The van der Waals surface area contributed by atoms with Gasteiger partial charge >= 0.3 is 0 Å². The lowest BCUT2D eigenvalue weighted by Gasteiger charge is -2.16.